The Bertz CT molecular complexity index is 490. The minimum Gasteiger partial charge on any atom is -0.230 e. The fourth-order valence-corrected chi connectivity index (χ4v) is 1.70. The Balaban J connectivity index is 2.75. The normalized spacial score (nSPS) is 10.8. The van der Waals surface area contributed by atoms with Gasteiger partial charge in [0.15, 0.2) is 10.8 Å². The van der Waals surface area contributed by atoms with Crippen molar-refractivity contribution >= 4 is 46.0 Å². The van der Waals surface area contributed by atoms with Crippen LogP contribution in [0, 0.1) is 0 Å². The van der Waals surface area contributed by atoms with E-state index >= 15 is 0 Å². The lowest BCUT2D eigenvalue weighted by atomic mass is 10.4. The third kappa shape index (κ3) is 1.75. The van der Waals surface area contributed by atoms with Crippen molar-refractivity contribution < 1.29 is 0 Å². The van der Waals surface area contributed by atoms with Gasteiger partial charge < -0.3 is 0 Å². The lowest BCUT2D eigenvalue weighted by molar-refractivity contribution is 0.984. The summed E-state index contributed by atoms with van der Waals surface area (Å²) in [7, 11) is 0. The first-order valence-electron chi connectivity index (χ1n) is 3.60. The van der Waals surface area contributed by atoms with Gasteiger partial charge in [-0.2, -0.15) is 4.98 Å². The summed E-state index contributed by atoms with van der Waals surface area (Å²) in [5.41, 5.74) is 0.467. The molecule has 0 radical (unpaired) electrons. The van der Waals surface area contributed by atoms with Crippen LogP contribution in [-0.4, -0.2) is 26.2 Å². The monoisotopic (exact) mass is 246 g/mol. The summed E-state index contributed by atoms with van der Waals surface area (Å²) in [4.78, 5) is 15.9. The van der Waals surface area contributed by atoms with Gasteiger partial charge in [-0.25, -0.2) is 15.0 Å². The molecular weight excluding hydrogens is 243 g/mol. The standard InChI is InChI=1S/C7H4Cl2N4S/c1-14-7-10-2-3-4(8)11-6(9)12-5(3)13-7/h2H,1H3. The van der Waals surface area contributed by atoms with Crippen LogP contribution in [0.25, 0.3) is 11.0 Å². The van der Waals surface area contributed by atoms with Gasteiger partial charge in [0, 0.05) is 6.20 Å². The van der Waals surface area contributed by atoms with Crippen molar-refractivity contribution in [1.82, 2.24) is 19.9 Å². The maximum atomic E-state index is 5.84. The SMILES string of the molecule is CSc1ncc2c(Cl)nc(Cl)nc2n1. The summed E-state index contributed by atoms with van der Waals surface area (Å²) in [6.07, 6.45) is 3.47. The Labute approximate surface area is 94.1 Å². The largest absolute Gasteiger partial charge is 0.230 e. The van der Waals surface area contributed by atoms with Crippen molar-refractivity contribution in [2.24, 2.45) is 0 Å². The molecule has 0 fully saturated rings. The highest BCUT2D eigenvalue weighted by atomic mass is 35.5. The molecule has 0 atom stereocenters. The number of fused-ring (bicyclic) bond motifs is 1. The van der Waals surface area contributed by atoms with Gasteiger partial charge in [-0.1, -0.05) is 23.4 Å². The van der Waals surface area contributed by atoms with E-state index in [4.69, 9.17) is 23.2 Å². The predicted octanol–water partition coefficient (Wildman–Crippen LogP) is 2.45. The molecule has 72 valence electrons. The second kappa shape index (κ2) is 3.84. The molecule has 2 heterocycles. The van der Waals surface area contributed by atoms with Gasteiger partial charge in [0.2, 0.25) is 5.28 Å². The quantitative estimate of drug-likeness (QED) is 0.440. The molecule has 7 heteroatoms. The number of hydrogen-bond donors (Lipinski definition) is 0. The van der Waals surface area contributed by atoms with E-state index in [1.807, 2.05) is 6.26 Å². The number of halogens is 2. The summed E-state index contributed by atoms with van der Waals surface area (Å²) in [5, 5.41) is 1.60. The van der Waals surface area contributed by atoms with Crippen LogP contribution in [0.4, 0.5) is 0 Å². The van der Waals surface area contributed by atoms with Crippen molar-refractivity contribution in [2.45, 2.75) is 5.16 Å². The van der Waals surface area contributed by atoms with Crippen LogP contribution in [0.3, 0.4) is 0 Å². The van der Waals surface area contributed by atoms with Crippen LogP contribution in [0.1, 0.15) is 0 Å². The van der Waals surface area contributed by atoms with Gasteiger partial charge >= 0.3 is 0 Å². The molecule has 2 rings (SSSR count). The molecule has 0 saturated heterocycles. The molecule has 4 nitrogen and oxygen atoms in total. The smallest absolute Gasteiger partial charge is 0.225 e. The zero-order valence-corrected chi connectivity index (χ0v) is 9.36. The molecule has 0 aromatic carbocycles. The zero-order chi connectivity index (χ0) is 10.1. The molecule has 0 spiro atoms. The molecule has 2 aromatic rings. The maximum Gasteiger partial charge on any atom is 0.225 e. The third-order valence-electron chi connectivity index (χ3n) is 1.54. The molecule has 0 aliphatic carbocycles. The van der Waals surface area contributed by atoms with Crippen molar-refractivity contribution in [3.8, 4) is 0 Å². The molecule has 14 heavy (non-hydrogen) atoms. The van der Waals surface area contributed by atoms with Crippen LogP contribution in [0.15, 0.2) is 11.4 Å². The molecule has 0 N–H and O–H groups in total. The first-order valence-corrected chi connectivity index (χ1v) is 5.58. The molecule has 0 aliphatic rings. The average molecular weight is 247 g/mol. The Kier molecular flexibility index (Phi) is 2.71. The van der Waals surface area contributed by atoms with Gasteiger partial charge in [0.25, 0.3) is 0 Å². The molecule has 0 unspecified atom stereocenters. The van der Waals surface area contributed by atoms with E-state index in [9.17, 15) is 0 Å². The van der Waals surface area contributed by atoms with E-state index in [1.54, 1.807) is 6.20 Å². The summed E-state index contributed by atoms with van der Waals surface area (Å²) in [6, 6.07) is 0. The fourth-order valence-electron chi connectivity index (χ4n) is 0.940. The molecule has 2 aromatic heterocycles. The van der Waals surface area contributed by atoms with Crippen LogP contribution in [0.2, 0.25) is 10.4 Å². The highest BCUT2D eigenvalue weighted by Crippen LogP contribution is 2.21. The van der Waals surface area contributed by atoms with Gasteiger partial charge in [0.1, 0.15) is 5.15 Å². The van der Waals surface area contributed by atoms with Crippen LogP contribution < -0.4 is 0 Å². The summed E-state index contributed by atoms with van der Waals surface area (Å²) >= 11 is 12.9. The van der Waals surface area contributed by atoms with Gasteiger partial charge in [0.05, 0.1) is 5.39 Å². The fraction of sp³-hybridized carbons (Fsp3) is 0.143. The van der Waals surface area contributed by atoms with Gasteiger partial charge in [-0.3, -0.25) is 0 Å². The average Bonchev–Trinajstić information content (AvgIpc) is 2.16. The second-order valence-electron chi connectivity index (χ2n) is 2.38. The Morgan fingerprint density at radius 2 is 2.00 bits per heavy atom. The van der Waals surface area contributed by atoms with Gasteiger partial charge in [-0.15, -0.1) is 0 Å². The van der Waals surface area contributed by atoms with Crippen LogP contribution in [-0.2, 0) is 0 Å². The summed E-state index contributed by atoms with van der Waals surface area (Å²) in [6.45, 7) is 0. The Morgan fingerprint density at radius 1 is 1.21 bits per heavy atom. The van der Waals surface area contributed by atoms with E-state index < -0.39 is 0 Å². The molecule has 0 saturated carbocycles. The van der Waals surface area contributed by atoms with E-state index in [0.717, 1.165) is 0 Å². The number of hydrogen-bond acceptors (Lipinski definition) is 5. The van der Waals surface area contributed by atoms with Crippen molar-refractivity contribution in [1.29, 1.82) is 0 Å². The lowest BCUT2D eigenvalue weighted by Gasteiger charge is -1.99. The van der Waals surface area contributed by atoms with E-state index in [1.165, 1.54) is 11.8 Å². The third-order valence-corrected chi connectivity index (χ3v) is 2.56. The number of rotatable bonds is 1. The van der Waals surface area contributed by atoms with E-state index in [-0.39, 0.29) is 10.4 Å². The van der Waals surface area contributed by atoms with Crippen molar-refractivity contribution in [3.05, 3.63) is 16.6 Å². The predicted molar refractivity (Wildman–Crippen MR) is 56.9 cm³/mol. The number of aromatic nitrogens is 4. The first kappa shape index (κ1) is 9.89. The summed E-state index contributed by atoms with van der Waals surface area (Å²) < 4.78 is 0. The Morgan fingerprint density at radius 3 is 2.71 bits per heavy atom. The van der Waals surface area contributed by atoms with Gasteiger partial charge in [-0.05, 0) is 17.9 Å². The molecule has 0 aliphatic heterocycles. The highest BCUT2D eigenvalue weighted by Gasteiger charge is 2.07. The zero-order valence-electron chi connectivity index (χ0n) is 7.03. The number of nitrogens with zero attached hydrogens (tertiary/aromatic N) is 4. The summed E-state index contributed by atoms with van der Waals surface area (Å²) in [5.74, 6) is 0. The minimum atomic E-state index is 0.0910. The maximum absolute atomic E-state index is 5.84. The molecule has 0 amide bonds. The van der Waals surface area contributed by atoms with Crippen molar-refractivity contribution in [2.75, 3.05) is 6.26 Å². The second-order valence-corrected chi connectivity index (χ2v) is 3.85. The van der Waals surface area contributed by atoms with Crippen LogP contribution >= 0.6 is 35.0 Å². The topological polar surface area (TPSA) is 51.6 Å². The Hall–Kier alpha value is -0.650. The lowest BCUT2D eigenvalue weighted by Crippen LogP contribution is -1.93. The minimum absolute atomic E-state index is 0.0910. The van der Waals surface area contributed by atoms with E-state index in [0.29, 0.717) is 16.2 Å². The first-order chi connectivity index (χ1) is 6.70. The van der Waals surface area contributed by atoms with E-state index in [2.05, 4.69) is 19.9 Å². The molecular formula is C7H4Cl2N4S. The van der Waals surface area contributed by atoms with Crippen LogP contribution in [0.5, 0.6) is 0 Å². The highest BCUT2D eigenvalue weighted by molar-refractivity contribution is 7.98. The van der Waals surface area contributed by atoms with Crippen molar-refractivity contribution in [3.63, 3.8) is 0 Å². The molecule has 0 bridgehead atoms. The number of thioether (sulfide) groups is 1.